The van der Waals surface area contributed by atoms with Crippen LogP contribution in [0.25, 0.3) is 21.2 Å². The molecule has 0 atom stereocenters. The molecule has 1 amide bonds. The third-order valence-corrected chi connectivity index (χ3v) is 9.00. The average molecular weight is 537 g/mol. The Kier molecular flexibility index (Phi) is 7.79. The number of thiophene rings is 1. The zero-order valence-corrected chi connectivity index (χ0v) is 22.5. The molecule has 1 heterocycles. The van der Waals surface area contributed by atoms with Gasteiger partial charge >= 0.3 is 0 Å². The van der Waals surface area contributed by atoms with Crippen LogP contribution in [0.3, 0.4) is 0 Å². The number of nitrogens with one attached hydrogen (secondary N) is 1. The van der Waals surface area contributed by atoms with Crippen molar-refractivity contribution in [1.82, 2.24) is 10.2 Å². The lowest BCUT2D eigenvalue weighted by atomic mass is 9.89. The summed E-state index contributed by atoms with van der Waals surface area (Å²) in [7, 11) is 3.64. The molecule has 192 valence electrons. The quantitative estimate of drug-likeness (QED) is 0.265. The molecule has 1 fully saturated rings. The lowest BCUT2D eigenvalue weighted by Crippen LogP contribution is -2.44. The van der Waals surface area contributed by atoms with Crippen LogP contribution in [0.4, 0.5) is 4.39 Å². The molecule has 0 radical (unpaired) electrons. The zero-order chi connectivity index (χ0) is 25.9. The second kappa shape index (κ2) is 11.2. The van der Waals surface area contributed by atoms with E-state index in [2.05, 4.69) is 5.32 Å². The van der Waals surface area contributed by atoms with Gasteiger partial charge in [-0.25, -0.2) is 4.39 Å². The van der Waals surface area contributed by atoms with Gasteiger partial charge in [-0.2, -0.15) is 0 Å². The molecule has 3 aromatic carbocycles. The first kappa shape index (κ1) is 25.7. The number of carbonyl (C=O) groups excluding carboxylic acids is 1. The van der Waals surface area contributed by atoms with Gasteiger partial charge in [-0.15, -0.1) is 11.3 Å². The first-order valence-corrected chi connectivity index (χ1v) is 13.8. The van der Waals surface area contributed by atoms with E-state index < -0.39 is 0 Å². The fourth-order valence-corrected chi connectivity index (χ4v) is 6.70. The van der Waals surface area contributed by atoms with Crippen LogP contribution in [0.5, 0.6) is 5.75 Å². The summed E-state index contributed by atoms with van der Waals surface area (Å²) in [5.74, 6) is 0.398. The van der Waals surface area contributed by atoms with Crippen molar-refractivity contribution in [1.29, 1.82) is 0 Å². The summed E-state index contributed by atoms with van der Waals surface area (Å²) < 4.78 is 20.2. The Morgan fingerprint density at radius 3 is 2.43 bits per heavy atom. The van der Waals surface area contributed by atoms with E-state index in [0.29, 0.717) is 22.5 Å². The Morgan fingerprint density at radius 1 is 1.05 bits per heavy atom. The Hall–Kier alpha value is -2.93. The zero-order valence-electron chi connectivity index (χ0n) is 21.0. The van der Waals surface area contributed by atoms with Crippen LogP contribution in [-0.2, 0) is 6.54 Å². The molecule has 1 aliphatic rings. The highest BCUT2D eigenvalue weighted by atomic mass is 35.5. The second-order valence-electron chi connectivity index (χ2n) is 9.50. The van der Waals surface area contributed by atoms with Crippen LogP contribution in [0.2, 0.25) is 5.02 Å². The van der Waals surface area contributed by atoms with Crippen molar-refractivity contribution in [3.63, 3.8) is 0 Å². The summed E-state index contributed by atoms with van der Waals surface area (Å²) in [5.41, 5.74) is 2.76. The van der Waals surface area contributed by atoms with E-state index in [-0.39, 0.29) is 17.8 Å². The van der Waals surface area contributed by atoms with Gasteiger partial charge in [0.05, 0.1) is 12.1 Å². The van der Waals surface area contributed by atoms with Crippen molar-refractivity contribution in [3.8, 4) is 16.9 Å². The molecular formula is C30H30ClFN2O2S. The van der Waals surface area contributed by atoms with E-state index in [1.54, 1.807) is 19.2 Å². The molecule has 1 aromatic heterocycles. The summed E-state index contributed by atoms with van der Waals surface area (Å²) in [4.78, 5) is 16.7. The Bertz CT molecular complexity index is 1400. The molecule has 7 heteroatoms. The molecule has 5 rings (SSSR count). The first-order chi connectivity index (χ1) is 18.0. The van der Waals surface area contributed by atoms with Gasteiger partial charge < -0.3 is 15.0 Å². The molecule has 1 saturated carbocycles. The molecule has 0 saturated heterocycles. The predicted molar refractivity (Wildman–Crippen MR) is 150 cm³/mol. The van der Waals surface area contributed by atoms with Crippen molar-refractivity contribution in [2.24, 2.45) is 0 Å². The van der Waals surface area contributed by atoms with Gasteiger partial charge in [0, 0.05) is 34.3 Å². The van der Waals surface area contributed by atoms with Gasteiger partial charge in [0.1, 0.15) is 16.4 Å². The minimum absolute atomic E-state index is 0.0478. The van der Waals surface area contributed by atoms with E-state index in [0.717, 1.165) is 58.2 Å². The number of hydrogen-bond acceptors (Lipinski definition) is 4. The average Bonchev–Trinajstić information content (AvgIpc) is 3.28. The van der Waals surface area contributed by atoms with Gasteiger partial charge in [-0.1, -0.05) is 48.0 Å². The Morgan fingerprint density at radius 2 is 1.76 bits per heavy atom. The molecule has 4 aromatic rings. The van der Waals surface area contributed by atoms with Crippen molar-refractivity contribution in [2.75, 3.05) is 14.2 Å². The van der Waals surface area contributed by atoms with Gasteiger partial charge in [0.2, 0.25) is 0 Å². The van der Waals surface area contributed by atoms with E-state index in [1.807, 2.05) is 54.4 Å². The molecule has 0 aliphatic heterocycles. The number of ether oxygens (including phenoxy) is 1. The van der Waals surface area contributed by atoms with E-state index >= 15 is 0 Å². The molecule has 0 spiro atoms. The van der Waals surface area contributed by atoms with Crippen LogP contribution in [0, 0.1) is 5.82 Å². The number of methoxy groups -OCH3 is 1. The molecule has 0 bridgehead atoms. The largest absolute Gasteiger partial charge is 0.496 e. The molecule has 1 N–H and O–H groups in total. The van der Waals surface area contributed by atoms with Gasteiger partial charge in [-0.3, -0.25) is 4.79 Å². The first-order valence-electron chi connectivity index (χ1n) is 12.6. The summed E-state index contributed by atoms with van der Waals surface area (Å²) in [5, 5.41) is 4.81. The number of halogens is 2. The summed E-state index contributed by atoms with van der Waals surface area (Å²) in [6.07, 6.45) is 3.86. The highest BCUT2D eigenvalue weighted by molar-refractivity contribution is 7.21. The van der Waals surface area contributed by atoms with Crippen LogP contribution >= 0.6 is 22.9 Å². The number of nitrogens with zero attached hydrogens (tertiary/aromatic N) is 1. The van der Waals surface area contributed by atoms with Crippen molar-refractivity contribution < 1.29 is 13.9 Å². The third-order valence-electron chi connectivity index (χ3n) is 7.33. The van der Waals surface area contributed by atoms with Crippen LogP contribution in [-0.4, -0.2) is 37.0 Å². The number of carbonyl (C=O) groups is 1. The molecule has 4 nitrogen and oxygen atoms in total. The normalized spacial score (nSPS) is 17.6. The molecule has 37 heavy (non-hydrogen) atoms. The van der Waals surface area contributed by atoms with Crippen LogP contribution in [0.1, 0.15) is 40.9 Å². The number of fused-ring (bicyclic) bond motifs is 1. The maximum Gasteiger partial charge on any atom is 0.266 e. The van der Waals surface area contributed by atoms with Crippen LogP contribution in [0.15, 0.2) is 66.7 Å². The fourth-order valence-electron chi connectivity index (χ4n) is 5.23. The highest BCUT2D eigenvalue weighted by Crippen LogP contribution is 2.38. The lowest BCUT2D eigenvalue weighted by molar-refractivity contribution is 0.0604. The summed E-state index contributed by atoms with van der Waals surface area (Å²) >= 11 is 8.21. The Balaban J connectivity index is 1.52. The van der Waals surface area contributed by atoms with Crippen LogP contribution < -0.4 is 10.1 Å². The van der Waals surface area contributed by atoms with Crippen molar-refractivity contribution >= 4 is 38.9 Å². The standard InChI is InChI=1S/C30H30ClFN2O2S/c1-33-23-12-14-24(15-13-23)34(30(35)29-28(31)25-5-3-4-6-27(25)37-29)18-21-17-20(9-16-26(21)36-2)19-7-10-22(32)11-8-19/h3-11,16-17,23-24,33H,12-15,18H2,1-2H3/t23-,24-. The van der Waals surface area contributed by atoms with Gasteiger partial charge in [-0.05, 0) is 74.2 Å². The number of benzene rings is 3. The maximum atomic E-state index is 14.1. The van der Waals surface area contributed by atoms with E-state index in [4.69, 9.17) is 16.3 Å². The van der Waals surface area contributed by atoms with E-state index in [1.165, 1.54) is 23.5 Å². The number of rotatable bonds is 7. The predicted octanol–water partition coefficient (Wildman–Crippen LogP) is 7.54. The molecule has 1 aliphatic carbocycles. The summed E-state index contributed by atoms with van der Waals surface area (Å²) in [6, 6.07) is 20.8. The van der Waals surface area contributed by atoms with Crippen molar-refractivity contribution in [3.05, 3.63) is 88.0 Å². The number of hydrogen-bond donors (Lipinski definition) is 1. The highest BCUT2D eigenvalue weighted by Gasteiger charge is 2.32. The van der Waals surface area contributed by atoms with Gasteiger partial charge in [0.25, 0.3) is 5.91 Å². The smallest absolute Gasteiger partial charge is 0.266 e. The molecule has 0 unspecified atom stereocenters. The maximum absolute atomic E-state index is 14.1. The monoisotopic (exact) mass is 536 g/mol. The SMILES string of the molecule is CN[C@H]1CC[C@H](N(Cc2cc(-c3ccc(F)cc3)ccc2OC)C(=O)c2sc3ccccc3c2Cl)CC1. The third kappa shape index (κ3) is 5.37. The second-order valence-corrected chi connectivity index (χ2v) is 10.9. The lowest BCUT2D eigenvalue weighted by Gasteiger charge is -2.37. The fraction of sp³-hybridized carbons (Fsp3) is 0.300. The minimum atomic E-state index is -0.272. The van der Waals surface area contributed by atoms with Crippen molar-refractivity contribution in [2.45, 2.75) is 44.3 Å². The minimum Gasteiger partial charge on any atom is -0.496 e. The number of amides is 1. The summed E-state index contributed by atoms with van der Waals surface area (Å²) in [6.45, 7) is 0.399. The van der Waals surface area contributed by atoms with Gasteiger partial charge in [0.15, 0.2) is 0 Å². The topological polar surface area (TPSA) is 41.6 Å². The molecular weight excluding hydrogens is 507 g/mol. The van der Waals surface area contributed by atoms with E-state index in [9.17, 15) is 9.18 Å². The Labute approximate surface area is 226 Å².